The third-order valence-electron chi connectivity index (χ3n) is 4.04. The molecule has 144 valence electrons. The Morgan fingerprint density at radius 3 is 2.38 bits per heavy atom. The number of anilines is 1. The molecule has 1 fully saturated rings. The molecule has 0 aromatic heterocycles. The molecule has 1 heterocycles. The Balaban J connectivity index is 2.05. The van der Waals surface area contributed by atoms with E-state index in [4.69, 9.17) is 4.74 Å². The second-order valence-corrected chi connectivity index (χ2v) is 9.53. The quantitative estimate of drug-likeness (QED) is 0.864. The lowest BCUT2D eigenvalue weighted by Gasteiger charge is -2.28. The van der Waals surface area contributed by atoms with Crippen LogP contribution in [-0.2, 0) is 19.4 Å². The molecule has 1 N–H and O–H groups in total. The van der Waals surface area contributed by atoms with E-state index in [-0.39, 0.29) is 16.6 Å². The molecule has 0 saturated carbocycles. The Morgan fingerprint density at radius 2 is 1.85 bits per heavy atom. The van der Waals surface area contributed by atoms with E-state index in [2.05, 4.69) is 5.32 Å². The van der Waals surface area contributed by atoms with Gasteiger partial charge in [0.15, 0.2) is 9.84 Å². The minimum absolute atomic E-state index is 0.0195. The summed E-state index contributed by atoms with van der Waals surface area (Å²) < 4.78 is 29.0. The van der Waals surface area contributed by atoms with Gasteiger partial charge in [-0.15, -0.1) is 0 Å². The normalized spacial score (nSPS) is 17.8. The molecule has 0 unspecified atom stereocenters. The molecule has 8 heteroatoms. The number of nitrogens with zero attached hydrogens (tertiary/aromatic N) is 1. The van der Waals surface area contributed by atoms with Crippen molar-refractivity contribution in [1.29, 1.82) is 0 Å². The molecule has 1 aromatic carbocycles. The molecule has 0 aliphatic carbocycles. The number of sulfone groups is 1. The molecule has 0 radical (unpaired) electrons. The lowest BCUT2D eigenvalue weighted by Crippen LogP contribution is -2.45. The highest BCUT2D eigenvalue weighted by atomic mass is 32.2. The van der Waals surface area contributed by atoms with Crippen LogP contribution < -0.4 is 5.32 Å². The van der Waals surface area contributed by atoms with E-state index >= 15 is 0 Å². The Bertz CT molecular complexity index is 766. The number of benzene rings is 1. The maximum atomic E-state index is 12.6. The van der Waals surface area contributed by atoms with Gasteiger partial charge in [-0.05, 0) is 57.9 Å². The first kappa shape index (κ1) is 20.2. The highest BCUT2D eigenvalue weighted by molar-refractivity contribution is 7.91. The molecular formula is C18H26N2O5S. The summed E-state index contributed by atoms with van der Waals surface area (Å²) in [5.41, 5.74) is -0.137. The summed E-state index contributed by atoms with van der Waals surface area (Å²) in [6, 6.07) is 5.44. The van der Waals surface area contributed by atoms with Gasteiger partial charge in [-0.25, -0.2) is 13.2 Å². The number of hydrogen-bond acceptors (Lipinski definition) is 5. The Labute approximate surface area is 154 Å². The van der Waals surface area contributed by atoms with Gasteiger partial charge in [-0.3, -0.25) is 9.69 Å². The molecule has 26 heavy (non-hydrogen) atoms. The van der Waals surface area contributed by atoms with Crippen molar-refractivity contribution in [3.63, 3.8) is 0 Å². The van der Waals surface area contributed by atoms with Crippen molar-refractivity contribution in [3.8, 4) is 0 Å². The smallest absolute Gasteiger partial charge is 0.410 e. The van der Waals surface area contributed by atoms with Crippen LogP contribution in [0.2, 0.25) is 0 Å². The molecular weight excluding hydrogens is 356 g/mol. The van der Waals surface area contributed by atoms with Gasteiger partial charge in [-0.2, -0.15) is 0 Å². The van der Waals surface area contributed by atoms with Crippen LogP contribution in [0.3, 0.4) is 0 Å². The zero-order valence-electron chi connectivity index (χ0n) is 15.6. The Kier molecular flexibility index (Phi) is 5.95. The van der Waals surface area contributed by atoms with Crippen LogP contribution in [0.1, 0.15) is 40.5 Å². The molecule has 2 amide bonds. The first-order chi connectivity index (χ1) is 12.0. The largest absolute Gasteiger partial charge is 0.444 e. The second kappa shape index (κ2) is 7.65. The van der Waals surface area contributed by atoms with Gasteiger partial charge in [0, 0.05) is 12.2 Å². The molecule has 0 spiro atoms. The fourth-order valence-corrected chi connectivity index (χ4v) is 3.60. The highest BCUT2D eigenvalue weighted by Crippen LogP contribution is 2.23. The average Bonchev–Trinajstić information content (AvgIpc) is 3.03. The summed E-state index contributed by atoms with van der Waals surface area (Å²) in [7, 11) is -3.28. The standard InChI is InChI=1S/C18H26N2O5S/c1-5-26(23,24)14-10-8-13(9-11-14)19-16(21)15-7-6-12-20(15)17(22)25-18(2,3)4/h8-11,15H,5-7,12H2,1-4H3,(H,19,21)/t15-/m0/s1. The fourth-order valence-electron chi connectivity index (χ4n) is 2.72. The van der Waals surface area contributed by atoms with Crippen molar-refractivity contribution >= 4 is 27.5 Å². The molecule has 1 atom stereocenters. The summed E-state index contributed by atoms with van der Waals surface area (Å²) in [6.07, 6.45) is 0.790. The molecule has 0 bridgehead atoms. The van der Waals surface area contributed by atoms with E-state index in [1.807, 2.05) is 0 Å². The van der Waals surface area contributed by atoms with Gasteiger partial charge in [0.25, 0.3) is 0 Å². The SMILES string of the molecule is CCS(=O)(=O)c1ccc(NC(=O)[C@@H]2CCCN2C(=O)OC(C)(C)C)cc1. The van der Waals surface area contributed by atoms with Crippen LogP contribution in [0.25, 0.3) is 0 Å². The molecule has 1 aliphatic rings. The lowest BCUT2D eigenvalue weighted by molar-refractivity contribution is -0.120. The minimum Gasteiger partial charge on any atom is -0.444 e. The zero-order valence-corrected chi connectivity index (χ0v) is 16.4. The summed E-state index contributed by atoms with van der Waals surface area (Å²) in [6.45, 7) is 7.39. The van der Waals surface area contributed by atoms with E-state index in [0.29, 0.717) is 18.7 Å². The van der Waals surface area contributed by atoms with Crippen LogP contribution in [0, 0.1) is 0 Å². The van der Waals surface area contributed by atoms with Crippen LogP contribution in [-0.4, -0.2) is 49.3 Å². The summed E-state index contributed by atoms with van der Waals surface area (Å²) >= 11 is 0. The fraction of sp³-hybridized carbons (Fsp3) is 0.556. The van der Waals surface area contributed by atoms with Gasteiger partial charge < -0.3 is 10.1 Å². The monoisotopic (exact) mass is 382 g/mol. The van der Waals surface area contributed by atoms with Crippen molar-refractivity contribution in [3.05, 3.63) is 24.3 Å². The molecule has 1 saturated heterocycles. The number of carbonyl (C=O) groups excluding carboxylic acids is 2. The van der Waals surface area contributed by atoms with Crippen molar-refractivity contribution in [2.75, 3.05) is 17.6 Å². The Morgan fingerprint density at radius 1 is 1.23 bits per heavy atom. The number of likely N-dealkylation sites (tertiary alicyclic amines) is 1. The molecule has 7 nitrogen and oxygen atoms in total. The third-order valence-corrected chi connectivity index (χ3v) is 5.79. The van der Waals surface area contributed by atoms with Gasteiger partial charge in [0.1, 0.15) is 11.6 Å². The molecule has 1 aliphatic heterocycles. The van der Waals surface area contributed by atoms with Gasteiger partial charge in [0.2, 0.25) is 5.91 Å². The summed E-state index contributed by atoms with van der Waals surface area (Å²) in [5, 5.41) is 2.75. The first-order valence-corrected chi connectivity index (χ1v) is 10.3. The van der Waals surface area contributed by atoms with Crippen LogP contribution in [0.4, 0.5) is 10.5 Å². The predicted molar refractivity (Wildman–Crippen MR) is 98.8 cm³/mol. The lowest BCUT2D eigenvalue weighted by atomic mass is 10.2. The topological polar surface area (TPSA) is 92.8 Å². The average molecular weight is 382 g/mol. The van der Waals surface area contributed by atoms with E-state index in [1.165, 1.54) is 17.0 Å². The van der Waals surface area contributed by atoms with Gasteiger partial charge >= 0.3 is 6.09 Å². The maximum absolute atomic E-state index is 12.6. The van der Waals surface area contributed by atoms with Crippen molar-refractivity contribution in [2.24, 2.45) is 0 Å². The molecule has 1 aromatic rings. The predicted octanol–water partition coefficient (Wildman–Crippen LogP) is 2.82. The number of carbonyl (C=O) groups is 2. The number of amides is 2. The van der Waals surface area contributed by atoms with E-state index in [1.54, 1.807) is 39.8 Å². The van der Waals surface area contributed by atoms with E-state index < -0.39 is 27.6 Å². The Hall–Kier alpha value is -2.09. The maximum Gasteiger partial charge on any atom is 0.410 e. The van der Waals surface area contributed by atoms with Crippen LogP contribution in [0.15, 0.2) is 29.2 Å². The summed E-state index contributed by atoms with van der Waals surface area (Å²) in [5.74, 6) is -0.287. The van der Waals surface area contributed by atoms with Crippen LogP contribution >= 0.6 is 0 Å². The number of hydrogen-bond donors (Lipinski definition) is 1. The molecule has 2 rings (SSSR count). The van der Waals surface area contributed by atoms with Gasteiger partial charge in [0.05, 0.1) is 10.6 Å². The summed E-state index contributed by atoms with van der Waals surface area (Å²) in [4.78, 5) is 26.5. The van der Waals surface area contributed by atoms with Gasteiger partial charge in [-0.1, -0.05) is 6.92 Å². The number of nitrogens with one attached hydrogen (secondary N) is 1. The van der Waals surface area contributed by atoms with E-state index in [0.717, 1.165) is 6.42 Å². The second-order valence-electron chi connectivity index (χ2n) is 7.25. The number of rotatable bonds is 4. The number of ether oxygens (including phenoxy) is 1. The van der Waals surface area contributed by atoms with Crippen molar-refractivity contribution in [2.45, 2.75) is 57.1 Å². The minimum atomic E-state index is -3.28. The zero-order chi connectivity index (χ0) is 19.5. The highest BCUT2D eigenvalue weighted by Gasteiger charge is 2.36. The first-order valence-electron chi connectivity index (χ1n) is 8.67. The third kappa shape index (κ3) is 4.97. The van der Waals surface area contributed by atoms with Crippen molar-refractivity contribution in [1.82, 2.24) is 4.90 Å². The van der Waals surface area contributed by atoms with Crippen molar-refractivity contribution < 1.29 is 22.7 Å². The van der Waals surface area contributed by atoms with Crippen LogP contribution in [0.5, 0.6) is 0 Å². The van der Waals surface area contributed by atoms with E-state index in [9.17, 15) is 18.0 Å².